The van der Waals surface area contributed by atoms with Gasteiger partial charge >= 0.3 is 0 Å². The molecule has 0 saturated carbocycles. The van der Waals surface area contributed by atoms with E-state index in [0.717, 1.165) is 47.8 Å². The molecule has 2 saturated heterocycles. The SMILES string of the molecule is Cc1c2cnn(-c3ccc(N4CCNC(=O)C4)cc3)c(=O)c2c(C)n1-c1cccc(N2CCC2)c1. The minimum Gasteiger partial charge on any atom is -0.371 e. The predicted molar refractivity (Wildman–Crippen MR) is 138 cm³/mol. The fourth-order valence-corrected chi connectivity index (χ4v) is 5.20. The van der Waals surface area contributed by atoms with Crippen LogP contribution in [0.25, 0.3) is 22.1 Å². The average Bonchev–Trinajstić information content (AvgIpc) is 3.09. The van der Waals surface area contributed by atoms with Crippen molar-refractivity contribution in [3.05, 3.63) is 76.5 Å². The molecule has 0 atom stereocenters. The Bertz CT molecular complexity index is 1500. The third-order valence-corrected chi connectivity index (χ3v) is 7.21. The molecule has 178 valence electrons. The average molecular weight is 469 g/mol. The molecule has 2 aliphatic rings. The van der Waals surface area contributed by atoms with Crippen molar-refractivity contribution in [1.82, 2.24) is 19.7 Å². The van der Waals surface area contributed by atoms with E-state index in [1.165, 1.54) is 16.8 Å². The summed E-state index contributed by atoms with van der Waals surface area (Å²) in [7, 11) is 0. The standard InChI is InChI=1S/C27H28N6O2/c1-18-24-16-29-33(21-9-7-20(8-10-21)31-14-11-28-25(34)17-31)27(35)26(24)19(2)32(18)23-6-3-5-22(15-23)30-12-4-13-30/h3,5-10,15-16H,4,11-14,17H2,1-2H3,(H,28,34). The van der Waals surface area contributed by atoms with Crippen molar-refractivity contribution < 1.29 is 4.79 Å². The highest BCUT2D eigenvalue weighted by atomic mass is 16.2. The molecule has 2 fully saturated rings. The number of aryl methyl sites for hydroxylation is 2. The second-order valence-corrected chi connectivity index (χ2v) is 9.30. The smallest absolute Gasteiger partial charge is 0.281 e. The number of piperazine rings is 1. The Balaban J connectivity index is 1.39. The van der Waals surface area contributed by atoms with Crippen LogP contribution in [0, 0.1) is 13.8 Å². The molecule has 8 nitrogen and oxygen atoms in total. The van der Waals surface area contributed by atoms with Gasteiger partial charge < -0.3 is 19.7 Å². The van der Waals surface area contributed by atoms with Crippen molar-refractivity contribution in [2.24, 2.45) is 0 Å². The number of aromatic nitrogens is 3. The van der Waals surface area contributed by atoms with E-state index >= 15 is 0 Å². The molecule has 2 aromatic carbocycles. The number of amides is 1. The number of carbonyl (C=O) groups excluding carboxylic acids is 1. The van der Waals surface area contributed by atoms with Crippen molar-refractivity contribution in [1.29, 1.82) is 0 Å². The van der Waals surface area contributed by atoms with Gasteiger partial charge in [-0.15, -0.1) is 0 Å². The molecule has 0 aliphatic carbocycles. The van der Waals surface area contributed by atoms with Crippen molar-refractivity contribution in [2.45, 2.75) is 20.3 Å². The van der Waals surface area contributed by atoms with E-state index < -0.39 is 0 Å². The fourth-order valence-electron chi connectivity index (χ4n) is 5.20. The van der Waals surface area contributed by atoms with Crippen LogP contribution in [0.4, 0.5) is 11.4 Å². The van der Waals surface area contributed by atoms with Gasteiger partial charge in [-0.05, 0) is 62.7 Å². The number of benzene rings is 2. The van der Waals surface area contributed by atoms with Crippen LogP contribution < -0.4 is 20.7 Å². The Kier molecular flexibility index (Phi) is 5.09. The Hall–Kier alpha value is -4.07. The second-order valence-electron chi connectivity index (χ2n) is 9.30. The molecular formula is C27H28N6O2. The quantitative estimate of drug-likeness (QED) is 0.499. The van der Waals surface area contributed by atoms with Crippen molar-refractivity contribution >= 4 is 28.1 Å². The van der Waals surface area contributed by atoms with Gasteiger partial charge in [-0.1, -0.05) is 6.07 Å². The fraction of sp³-hybridized carbons (Fsp3) is 0.296. The summed E-state index contributed by atoms with van der Waals surface area (Å²) >= 11 is 0. The normalized spacial score (nSPS) is 15.9. The Morgan fingerprint density at radius 1 is 0.829 bits per heavy atom. The van der Waals surface area contributed by atoms with Crippen molar-refractivity contribution in [3.8, 4) is 11.4 Å². The predicted octanol–water partition coefficient (Wildman–Crippen LogP) is 2.94. The lowest BCUT2D eigenvalue weighted by atomic mass is 10.1. The molecule has 4 heterocycles. The number of hydrogen-bond acceptors (Lipinski definition) is 5. The molecule has 0 spiro atoms. The summed E-state index contributed by atoms with van der Waals surface area (Å²) in [6, 6.07) is 16.2. The van der Waals surface area contributed by atoms with Gasteiger partial charge in [-0.3, -0.25) is 9.59 Å². The van der Waals surface area contributed by atoms with Crippen LogP contribution in [0.3, 0.4) is 0 Å². The first-order valence-electron chi connectivity index (χ1n) is 12.1. The molecule has 35 heavy (non-hydrogen) atoms. The van der Waals surface area contributed by atoms with Crippen LogP contribution in [-0.2, 0) is 4.79 Å². The molecule has 1 N–H and O–H groups in total. The van der Waals surface area contributed by atoms with Gasteiger partial charge in [-0.2, -0.15) is 9.78 Å². The summed E-state index contributed by atoms with van der Waals surface area (Å²) in [6.07, 6.45) is 3.02. The highest BCUT2D eigenvalue weighted by Gasteiger charge is 2.20. The van der Waals surface area contributed by atoms with Gasteiger partial charge in [0, 0.05) is 60.0 Å². The lowest BCUT2D eigenvalue weighted by molar-refractivity contribution is -0.120. The van der Waals surface area contributed by atoms with Gasteiger partial charge in [0.25, 0.3) is 5.56 Å². The maximum absolute atomic E-state index is 13.6. The molecule has 2 aromatic heterocycles. The topological polar surface area (TPSA) is 75.4 Å². The van der Waals surface area contributed by atoms with Gasteiger partial charge in [-0.25, -0.2) is 0 Å². The van der Waals surface area contributed by atoms with Crippen LogP contribution in [0.15, 0.2) is 59.5 Å². The number of rotatable bonds is 4. The molecule has 2 aliphatic heterocycles. The number of anilines is 2. The number of nitrogens with one attached hydrogen (secondary N) is 1. The van der Waals surface area contributed by atoms with Gasteiger partial charge in [0.1, 0.15) is 0 Å². The van der Waals surface area contributed by atoms with Crippen LogP contribution in [0.5, 0.6) is 0 Å². The van der Waals surface area contributed by atoms with E-state index in [9.17, 15) is 9.59 Å². The van der Waals surface area contributed by atoms with E-state index in [1.807, 2.05) is 43.0 Å². The Labute approximate surface area is 203 Å². The molecule has 1 amide bonds. The summed E-state index contributed by atoms with van der Waals surface area (Å²) in [4.78, 5) is 29.7. The first-order chi connectivity index (χ1) is 17.0. The van der Waals surface area contributed by atoms with Gasteiger partial charge in [0.15, 0.2) is 0 Å². The summed E-state index contributed by atoms with van der Waals surface area (Å²) in [6.45, 7) is 7.97. The lowest BCUT2D eigenvalue weighted by Gasteiger charge is -2.33. The van der Waals surface area contributed by atoms with E-state index in [2.05, 4.69) is 44.1 Å². The van der Waals surface area contributed by atoms with Crippen LogP contribution in [0.2, 0.25) is 0 Å². The van der Waals surface area contributed by atoms with E-state index in [4.69, 9.17) is 0 Å². The van der Waals surface area contributed by atoms with Gasteiger partial charge in [0.05, 0.1) is 23.8 Å². The molecule has 4 aromatic rings. The number of fused-ring (bicyclic) bond motifs is 1. The first kappa shape index (κ1) is 21.5. The van der Waals surface area contributed by atoms with Crippen LogP contribution in [-0.4, -0.2) is 53.0 Å². The van der Waals surface area contributed by atoms with Gasteiger partial charge in [0.2, 0.25) is 5.91 Å². The number of hydrogen-bond donors (Lipinski definition) is 1. The summed E-state index contributed by atoms with van der Waals surface area (Å²) in [5.74, 6) is 0.0226. The first-order valence-corrected chi connectivity index (χ1v) is 12.1. The van der Waals surface area contributed by atoms with E-state index in [0.29, 0.717) is 24.2 Å². The Morgan fingerprint density at radius 2 is 1.57 bits per heavy atom. The van der Waals surface area contributed by atoms with Crippen LogP contribution >= 0.6 is 0 Å². The molecular weight excluding hydrogens is 440 g/mol. The minimum absolute atomic E-state index is 0.0226. The lowest BCUT2D eigenvalue weighted by Crippen LogP contribution is -2.47. The Morgan fingerprint density at radius 3 is 2.29 bits per heavy atom. The third kappa shape index (κ3) is 3.56. The zero-order valence-corrected chi connectivity index (χ0v) is 20.0. The zero-order valence-electron chi connectivity index (χ0n) is 20.0. The van der Waals surface area contributed by atoms with Crippen LogP contribution in [0.1, 0.15) is 17.8 Å². The molecule has 0 radical (unpaired) electrons. The summed E-state index contributed by atoms with van der Waals surface area (Å²) < 4.78 is 3.62. The molecule has 0 bridgehead atoms. The second kappa shape index (κ2) is 8.30. The van der Waals surface area contributed by atoms with E-state index in [-0.39, 0.29) is 11.5 Å². The number of carbonyl (C=O) groups is 1. The number of nitrogens with zero attached hydrogens (tertiary/aromatic N) is 5. The third-order valence-electron chi connectivity index (χ3n) is 7.21. The zero-order chi connectivity index (χ0) is 24.1. The molecule has 0 unspecified atom stereocenters. The summed E-state index contributed by atoms with van der Waals surface area (Å²) in [5, 5.41) is 8.91. The molecule has 6 rings (SSSR count). The summed E-state index contributed by atoms with van der Waals surface area (Å²) in [5.41, 5.74) is 5.72. The maximum Gasteiger partial charge on any atom is 0.281 e. The maximum atomic E-state index is 13.6. The minimum atomic E-state index is -0.133. The monoisotopic (exact) mass is 468 g/mol. The van der Waals surface area contributed by atoms with E-state index in [1.54, 1.807) is 6.20 Å². The molecule has 8 heteroatoms. The highest BCUT2D eigenvalue weighted by molar-refractivity contribution is 5.88. The van der Waals surface area contributed by atoms with Crippen molar-refractivity contribution in [3.63, 3.8) is 0 Å². The van der Waals surface area contributed by atoms with Crippen molar-refractivity contribution in [2.75, 3.05) is 42.5 Å². The largest absolute Gasteiger partial charge is 0.371 e. The highest BCUT2D eigenvalue weighted by Crippen LogP contribution is 2.29.